The molecule has 36 heavy (non-hydrogen) atoms. The Kier molecular flexibility index (Phi) is 13.3. The Balaban J connectivity index is 3.15. The van der Waals surface area contributed by atoms with Crippen LogP contribution in [0.3, 0.4) is 0 Å². The number of nitrogens with two attached hydrogens (primary N) is 1. The van der Waals surface area contributed by atoms with Gasteiger partial charge in [-0.1, -0.05) is 46.2 Å². The van der Waals surface area contributed by atoms with Gasteiger partial charge in [-0.25, -0.2) is 4.79 Å². The van der Waals surface area contributed by atoms with Gasteiger partial charge in [0, 0.05) is 6.42 Å². The van der Waals surface area contributed by atoms with Gasteiger partial charge in [0.2, 0.25) is 17.7 Å². The Morgan fingerprint density at radius 2 is 1.53 bits per heavy atom. The highest BCUT2D eigenvalue weighted by Crippen LogP contribution is 2.14. The van der Waals surface area contributed by atoms with Crippen LogP contribution in [0.2, 0.25) is 0 Å². The highest BCUT2D eigenvalue weighted by atomic mass is 32.2. The molecule has 7 N–H and O–H groups in total. The summed E-state index contributed by atoms with van der Waals surface area (Å²) in [5, 5.41) is 27.0. The molecule has 202 valence electrons. The Labute approximate surface area is 217 Å². The molecule has 0 bridgehead atoms. The summed E-state index contributed by atoms with van der Waals surface area (Å²) in [6, 6.07) is 2.17. The molecule has 1 aromatic carbocycles. The first kappa shape index (κ1) is 31.2. The number of aliphatic carboxylic acids is 1. The number of carbonyl (C=O) groups excluding carboxylic acids is 3. The van der Waals surface area contributed by atoms with Crippen LogP contribution in [0.15, 0.2) is 24.3 Å². The maximum absolute atomic E-state index is 13.3. The number of carboxylic acid groups (broad SMARTS) is 1. The number of phenols is 1. The van der Waals surface area contributed by atoms with Crippen LogP contribution in [0.1, 0.15) is 46.1 Å². The van der Waals surface area contributed by atoms with Gasteiger partial charge in [0.15, 0.2) is 0 Å². The molecule has 11 heteroatoms. The number of carboxylic acids is 1. The van der Waals surface area contributed by atoms with Gasteiger partial charge in [-0.05, 0) is 48.0 Å². The zero-order chi connectivity index (χ0) is 27.4. The molecule has 5 unspecified atom stereocenters. The summed E-state index contributed by atoms with van der Waals surface area (Å²) in [5.74, 6) is -2.75. The predicted octanol–water partition coefficient (Wildman–Crippen LogP) is 1.26. The van der Waals surface area contributed by atoms with Crippen LogP contribution < -0.4 is 21.7 Å². The van der Waals surface area contributed by atoms with E-state index in [1.165, 1.54) is 12.1 Å². The van der Waals surface area contributed by atoms with Gasteiger partial charge in [-0.15, -0.1) is 0 Å². The van der Waals surface area contributed by atoms with E-state index in [4.69, 9.17) is 5.73 Å². The van der Waals surface area contributed by atoms with Gasteiger partial charge in [0.05, 0.1) is 6.04 Å². The van der Waals surface area contributed by atoms with Crippen molar-refractivity contribution in [2.45, 2.75) is 71.1 Å². The first-order chi connectivity index (χ1) is 16.9. The van der Waals surface area contributed by atoms with Crippen molar-refractivity contribution in [3.05, 3.63) is 29.8 Å². The van der Waals surface area contributed by atoms with Crippen LogP contribution in [0.25, 0.3) is 0 Å². The summed E-state index contributed by atoms with van der Waals surface area (Å²) < 4.78 is 0. The summed E-state index contributed by atoms with van der Waals surface area (Å²) in [6.07, 6.45) is 3.01. The summed E-state index contributed by atoms with van der Waals surface area (Å²) in [7, 11) is 0. The molecule has 1 rings (SSSR count). The third-order valence-corrected chi connectivity index (χ3v) is 6.65. The van der Waals surface area contributed by atoms with Gasteiger partial charge in [0.25, 0.3) is 0 Å². The molecular formula is C25H40N4O6S. The average Bonchev–Trinajstić information content (AvgIpc) is 2.83. The number of hydrogen-bond acceptors (Lipinski definition) is 7. The van der Waals surface area contributed by atoms with Crippen molar-refractivity contribution in [2.75, 3.05) is 12.0 Å². The largest absolute Gasteiger partial charge is 0.508 e. The van der Waals surface area contributed by atoms with Crippen molar-refractivity contribution in [3.8, 4) is 5.75 Å². The Morgan fingerprint density at radius 3 is 2.03 bits per heavy atom. The predicted molar refractivity (Wildman–Crippen MR) is 141 cm³/mol. The smallest absolute Gasteiger partial charge is 0.326 e. The molecule has 0 saturated heterocycles. The van der Waals surface area contributed by atoms with Gasteiger partial charge in [-0.3, -0.25) is 14.4 Å². The number of amides is 3. The molecule has 0 heterocycles. The quantitative estimate of drug-likeness (QED) is 0.199. The van der Waals surface area contributed by atoms with E-state index in [-0.39, 0.29) is 24.0 Å². The van der Waals surface area contributed by atoms with E-state index in [1.54, 1.807) is 37.7 Å². The SMILES string of the molecule is CCC(C)C(NC(=O)C(N)CCSC)C(=O)NC(Cc1ccc(O)cc1)C(=O)NC(C(=O)O)C(C)C. The van der Waals surface area contributed by atoms with Crippen molar-refractivity contribution in [1.82, 2.24) is 16.0 Å². The van der Waals surface area contributed by atoms with E-state index in [0.717, 1.165) is 0 Å². The van der Waals surface area contributed by atoms with Crippen LogP contribution >= 0.6 is 11.8 Å². The van der Waals surface area contributed by atoms with Crippen LogP contribution in [0.5, 0.6) is 5.75 Å². The van der Waals surface area contributed by atoms with Crippen LogP contribution in [0, 0.1) is 11.8 Å². The Hall–Kier alpha value is -2.79. The molecule has 0 fully saturated rings. The second kappa shape index (κ2) is 15.4. The highest BCUT2D eigenvalue weighted by molar-refractivity contribution is 7.98. The number of thioether (sulfide) groups is 1. The standard InChI is InChI=1S/C25H40N4O6S/c1-6-15(4)21(29-22(31)18(26)11-12-36-5)24(33)27-19(13-16-7-9-17(30)10-8-16)23(32)28-20(14(2)3)25(34)35/h7-10,14-15,18-21,30H,6,11-13,26H2,1-5H3,(H,27,33)(H,28,32)(H,29,31)(H,34,35). The third-order valence-electron chi connectivity index (χ3n) is 6.00. The zero-order valence-electron chi connectivity index (χ0n) is 21.6. The van der Waals surface area contributed by atoms with Crippen LogP contribution in [-0.2, 0) is 25.6 Å². The Morgan fingerprint density at radius 1 is 0.944 bits per heavy atom. The number of phenolic OH excluding ortho intramolecular Hbond substituents is 1. The molecule has 1 aromatic rings. The van der Waals surface area contributed by atoms with Crippen molar-refractivity contribution >= 4 is 35.5 Å². The third kappa shape index (κ3) is 10.1. The number of carbonyl (C=O) groups is 4. The topological polar surface area (TPSA) is 171 Å². The molecule has 10 nitrogen and oxygen atoms in total. The molecule has 0 aromatic heterocycles. The van der Waals surface area contributed by atoms with E-state index in [9.17, 15) is 29.4 Å². The maximum Gasteiger partial charge on any atom is 0.326 e. The lowest BCUT2D eigenvalue weighted by Gasteiger charge is -2.28. The normalized spacial score (nSPS) is 15.3. The molecule has 0 radical (unpaired) electrons. The van der Waals surface area contributed by atoms with Gasteiger partial charge in [-0.2, -0.15) is 11.8 Å². The number of hydrogen-bond donors (Lipinski definition) is 6. The first-order valence-electron chi connectivity index (χ1n) is 12.1. The van der Waals surface area contributed by atoms with Crippen LogP contribution in [-0.4, -0.2) is 70.1 Å². The number of aromatic hydroxyl groups is 1. The highest BCUT2D eigenvalue weighted by Gasteiger charge is 2.33. The van der Waals surface area contributed by atoms with Gasteiger partial charge >= 0.3 is 5.97 Å². The molecular weight excluding hydrogens is 484 g/mol. The van der Waals surface area contributed by atoms with Crippen molar-refractivity contribution in [2.24, 2.45) is 17.6 Å². The molecule has 0 aliphatic carbocycles. The van der Waals surface area contributed by atoms with E-state index in [2.05, 4.69) is 16.0 Å². The second-order valence-corrected chi connectivity index (χ2v) is 10.2. The molecule has 0 aliphatic heterocycles. The zero-order valence-corrected chi connectivity index (χ0v) is 22.4. The molecule has 0 saturated carbocycles. The average molecular weight is 525 g/mol. The van der Waals surface area contributed by atoms with Gasteiger partial charge in [0.1, 0.15) is 23.9 Å². The summed E-state index contributed by atoms with van der Waals surface area (Å²) >= 11 is 1.56. The van der Waals surface area contributed by atoms with E-state index < -0.39 is 47.9 Å². The monoisotopic (exact) mass is 524 g/mol. The first-order valence-corrected chi connectivity index (χ1v) is 13.5. The Bertz CT molecular complexity index is 880. The lowest BCUT2D eigenvalue weighted by atomic mass is 9.96. The van der Waals surface area contributed by atoms with Crippen molar-refractivity contribution < 1.29 is 29.4 Å². The molecule has 0 aliphatic rings. The van der Waals surface area contributed by atoms with E-state index in [0.29, 0.717) is 24.2 Å². The molecule has 3 amide bonds. The minimum Gasteiger partial charge on any atom is -0.508 e. The van der Waals surface area contributed by atoms with Crippen molar-refractivity contribution in [1.29, 1.82) is 0 Å². The number of nitrogens with one attached hydrogen (secondary N) is 3. The summed E-state index contributed by atoms with van der Waals surface area (Å²) in [4.78, 5) is 50.7. The maximum atomic E-state index is 13.3. The minimum atomic E-state index is -1.18. The second-order valence-electron chi connectivity index (χ2n) is 9.26. The van der Waals surface area contributed by atoms with E-state index in [1.807, 2.05) is 20.1 Å². The van der Waals surface area contributed by atoms with Crippen LogP contribution in [0.4, 0.5) is 0 Å². The summed E-state index contributed by atoms with van der Waals surface area (Å²) in [6.45, 7) is 7.03. The van der Waals surface area contributed by atoms with Gasteiger partial charge < -0.3 is 31.9 Å². The van der Waals surface area contributed by atoms with E-state index >= 15 is 0 Å². The minimum absolute atomic E-state index is 0.0481. The fourth-order valence-electron chi connectivity index (χ4n) is 3.44. The lowest BCUT2D eigenvalue weighted by Crippen LogP contribution is -2.59. The fourth-order valence-corrected chi connectivity index (χ4v) is 3.93. The number of rotatable bonds is 15. The summed E-state index contributed by atoms with van der Waals surface area (Å²) in [5.41, 5.74) is 6.62. The molecule has 5 atom stereocenters. The van der Waals surface area contributed by atoms with Crippen molar-refractivity contribution in [3.63, 3.8) is 0 Å². The lowest BCUT2D eigenvalue weighted by molar-refractivity contribution is -0.143. The molecule has 0 spiro atoms. The number of benzene rings is 1. The fraction of sp³-hybridized carbons (Fsp3) is 0.600.